The Morgan fingerprint density at radius 2 is 1.86 bits per heavy atom. The van der Waals surface area contributed by atoms with Crippen molar-refractivity contribution in [2.45, 2.75) is 26.8 Å². The van der Waals surface area contributed by atoms with Gasteiger partial charge in [-0.3, -0.25) is 4.79 Å². The molecule has 1 heterocycles. The molecule has 2 unspecified atom stereocenters. The summed E-state index contributed by atoms with van der Waals surface area (Å²) >= 11 is 0. The molecular weight excluding hydrogens is 280 g/mol. The van der Waals surface area contributed by atoms with E-state index < -0.39 is 0 Å². The van der Waals surface area contributed by atoms with Gasteiger partial charge in [0.2, 0.25) is 5.91 Å². The molecule has 5 heteroatoms. The predicted molar refractivity (Wildman–Crippen MR) is 86.2 cm³/mol. The standard InChI is InChI=1S/C17H26N2O3/c1-11(2)16(19-17(20)12(3)10-18-4)13-5-6-14-15(9-13)22-8-7-21-14/h5-6,9,11-12,16,18H,7-8,10H2,1-4H3,(H,19,20). The highest BCUT2D eigenvalue weighted by atomic mass is 16.6. The van der Waals surface area contributed by atoms with Gasteiger partial charge in [0, 0.05) is 12.5 Å². The Bertz CT molecular complexity index is 517. The topological polar surface area (TPSA) is 59.6 Å². The first kappa shape index (κ1) is 16.6. The van der Waals surface area contributed by atoms with Gasteiger partial charge in [-0.05, 0) is 30.7 Å². The number of rotatable bonds is 6. The number of benzene rings is 1. The van der Waals surface area contributed by atoms with Crippen LogP contribution >= 0.6 is 0 Å². The number of hydrogen-bond donors (Lipinski definition) is 2. The lowest BCUT2D eigenvalue weighted by molar-refractivity contribution is -0.125. The summed E-state index contributed by atoms with van der Waals surface area (Å²) in [5.41, 5.74) is 1.05. The lowest BCUT2D eigenvalue weighted by Crippen LogP contribution is -2.38. The van der Waals surface area contributed by atoms with Crippen molar-refractivity contribution in [3.05, 3.63) is 23.8 Å². The maximum absolute atomic E-state index is 12.3. The number of fused-ring (bicyclic) bond motifs is 1. The van der Waals surface area contributed by atoms with Crippen LogP contribution in [0.4, 0.5) is 0 Å². The van der Waals surface area contributed by atoms with Gasteiger partial charge in [-0.15, -0.1) is 0 Å². The van der Waals surface area contributed by atoms with Gasteiger partial charge in [0.15, 0.2) is 11.5 Å². The van der Waals surface area contributed by atoms with E-state index in [4.69, 9.17) is 9.47 Å². The average molecular weight is 306 g/mol. The van der Waals surface area contributed by atoms with Gasteiger partial charge in [-0.2, -0.15) is 0 Å². The summed E-state index contributed by atoms with van der Waals surface area (Å²) in [6, 6.07) is 5.86. The molecule has 22 heavy (non-hydrogen) atoms. The molecule has 122 valence electrons. The molecule has 0 spiro atoms. The normalized spacial score (nSPS) is 16.2. The van der Waals surface area contributed by atoms with Gasteiger partial charge >= 0.3 is 0 Å². The van der Waals surface area contributed by atoms with Crippen LogP contribution in [0.2, 0.25) is 0 Å². The molecule has 1 aromatic carbocycles. The van der Waals surface area contributed by atoms with Crippen LogP contribution < -0.4 is 20.1 Å². The van der Waals surface area contributed by atoms with Crippen LogP contribution in [-0.4, -0.2) is 32.7 Å². The minimum atomic E-state index is -0.0662. The van der Waals surface area contributed by atoms with Gasteiger partial charge in [-0.1, -0.05) is 26.8 Å². The first-order valence-electron chi connectivity index (χ1n) is 7.87. The second-order valence-electron chi connectivity index (χ2n) is 6.09. The van der Waals surface area contributed by atoms with Crippen molar-refractivity contribution in [2.24, 2.45) is 11.8 Å². The summed E-state index contributed by atoms with van der Waals surface area (Å²) in [6.45, 7) is 7.94. The van der Waals surface area contributed by atoms with Crippen molar-refractivity contribution < 1.29 is 14.3 Å². The number of carbonyl (C=O) groups excluding carboxylic acids is 1. The van der Waals surface area contributed by atoms with Crippen LogP contribution in [0.25, 0.3) is 0 Å². The molecule has 0 saturated carbocycles. The van der Waals surface area contributed by atoms with Crippen LogP contribution in [0.3, 0.4) is 0 Å². The SMILES string of the molecule is CNCC(C)C(=O)NC(c1ccc2c(c1)OCCO2)C(C)C. The fourth-order valence-electron chi connectivity index (χ4n) is 2.58. The minimum absolute atomic E-state index is 0.0392. The smallest absolute Gasteiger partial charge is 0.224 e. The number of hydrogen-bond acceptors (Lipinski definition) is 4. The maximum Gasteiger partial charge on any atom is 0.224 e. The Morgan fingerprint density at radius 3 is 2.50 bits per heavy atom. The van der Waals surface area contributed by atoms with Crippen LogP contribution in [0.1, 0.15) is 32.4 Å². The van der Waals surface area contributed by atoms with Gasteiger partial charge in [-0.25, -0.2) is 0 Å². The van der Waals surface area contributed by atoms with E-state index in [1.807, 2.05) is 32.2 Å². The predicted octanol–water partition coefficient (Wildman–Crippen LogP) is 2.13. The molecule has 0 aliphatic carbocycles. The van der Waals surface area contributed by atoms with E-state index in [1.165, 1.54) is 0 Å². The number of amides is 1. The van der Waals surface area contributed by atoms with Crippen molar-refractivity contribution in [1.82, 2.24) is 10.6 Å². The van der Waals surface area contributed by atoms with Gasteiger partial charge in [0.1, 0.15) is 13.2 Å². The zero-order chi connectivity index (χ0) is 16.1. The van der Waals surface area contributed by atoms with E-state index in [9.17, 15) is 4.79 Å². The zero-order valence-corrected chi connectivity index (χ0v) is 13.8. The molecule has 1 aliphatic heterocycles. The van der Waals surface area contributed by atoms with Crippen LogP contribution in [0.15, 0.2) is 18.2 Å². The van der Waals surface area contributed by atoms with E-state index in [1.54, 1.807) is 0 Å². The molecule has 0 fully saturated rings. The average Bonchev–Trinajstić information content (AvgIpc) is 2.51. The fourth-order valence-corrected chi connectivity index (χ4v) is 2.58. The number of ether oxygens (including phenoxy) is 2. The quantitative estimate of drug-likeness (QED) is 0.845. The maximum atomic E-state index is 12.3. The van der Waals surface area contributed by atoms with Crippen molar-refractivity contribution in [3.8, 4) is 11.5 Å². The molecule has 2 atom stereocenters. The Kier molecular flexibility index (Phi) is 5.66. The highest BCUT2D eigenvalue weighted by Gasteiger charge is 2.23. The monoisotopic (exact) mass is 306 g/mol. The number of nitrogens with one attached hydrogen (secondary N) is 2. The second-order valence-corrected chi connectivity index (χ2v) is 6.09. The third-order valence-corrected chi connectivity index (χ3v) is 3.85. The molecule has 2 N–H and O–H groups in total. The van der Waals surface area contributed by atoms with Gasteiger partial charge in [0.25, 0.3) is 0 Å². The Morgan fingerprint density at radius 1 is 1.18 bits per heavy atom. The first-order valence-corrected chi connectivity index (χ1v) is 7.87. The Labute approximate surface area is 132 Å². The van der Waals surface area contributed by atoms with Gasteiger partial charge < -0.3 is 20.1 Å². The largest absolute Gasteiger partial charge is 0.486 e. The zero-order valence-electron chi connectivity index (χ0n) is 13.8. The Balaban J connectivity index is 2.16. The second kappa shape index (κ2) is 7.49. The summed E-state index contributed by atoms with van der Waals surface area (Å²) in [4.78, 5) is 12.3. The third kappa shape index (κ3) is 3.91. The molecule has 2 rings (SSSR count). The fraction of sp³-hybridized carbons (Fsp3) is 0.588. The summed E-state index contributed by atoms with van der Waals surface area (Å²) < 4.78 is 11.2. The minimum Gasteiger partial charge on any atom is -0.486 e. The molecule has 0 radical (unpaired) electrons. The summed E-state index contributed by atoms with van der Waals surface area (Å²) in [6.07, 6.45) is 0. The molecule has 1 aromatic rings. The summed E-state index contributed by atoms with van der Waals surface area (Å²) in [7, 11) is 1.85. The van der Waals surface area contributed by atoms with E-state index in [-0.39, 0.29) is 23.8 Å². The summed E-state index contributed by atoms with van der Waals surface area (Å²) in [5.74, 6) is 1.80. The van der Waals surface area contributed by atoms with Crippen LogP contribution in [-0.2, 0) is 4.79 Å². The van der Waals surface area contributed by atoms with Crippen molar-refractivity contribution in [2.75, 3.05) is 26.8 Å². The first-order chi connectivity index (χ1) is 10.5. The van der Waals surface area contributed by atoms with Crippen LogP contribution in [0.5, 0.6) is 11.5 Å². The molecule has 0 saturated heterocycles. The molecule has 1 amide bonds. The Hall–Kier alpha value is -1.75. The van der Waals surface area contributed by atoms with Crippen molar-refractivity contribution >= 4 is 5.91 Å². The third-order valence-electron chi connectivity index (χ3n) is 3.85. The van der Waals surface area contributed by atoms with E-state index in [0.717, 1.165) is 17.1 Å². The molecule has 5 nitrogen and oxygen atoms in total. The van der Waals surface area contributed by atoms with Gasteiger partial charge in [0.05, 0.1) is 6.04 Å². The molecule has 1 aliphatic rings. The highest BCUT2D eigenvalue weighted by Crippen LogP contribution is 2.34. The lowest BCUT2D eigenvalue weighted by atomic mass is 9.94. The number of carbonyl (C=O) groups is 1. The van der Waals surface area contributed by atoms with Crippen molar-refractivity contribution in [3.63, 3.8) is 0 Å². The van der Waals surface area contributed by atoms with E-state index in [0.29, 0.717) is 19.8 Å². The molecule has 0 aromatic heterocycles. The highest BCUT2D eigenvalue weighted by molar-refractivity contribution is 5.79. The molecule has 0 bridgehead atoms. The summed E-state index contributed by atoms with van der Waals surface area (Å²) in [5, 5.41) is 6.18. The lowest BCUT2D eigenvalue weighted by Gasteiger charge is -2.26. The van der Waals surface area contributed by atoms with E-state index in [2.05, 4.69) is 24.5 Å². The van der Waals surface area contributed by atoms with Crippen LogP contribution in [0, 0.1) is 11.8 Å². The van der Waals surface area contributed by atoms with E-state index >= 15 is 0 Å². The molecular formula is C17H26N2O3. The van der Waals surface area contributed by atoms with Crippen molar-refractivity contribution in [1.29, 1.82) is 0 Å².